The molecule has 1 aliphatic heterocycles. The molecule has 5 atom stereocenters. The molecule has 1 saturated heterocycles. The van der Waals surface area contributed by atoms with Crippen molar-refractivity contribution >= 4 is 23.7 Å². The zero-order valence-corrected chi connectivity index (χ0v) is 14.5. The number of thioether (sulfide) groups is 1. The molecule has 0 aromatic carbocycles. The topological polar surface area (TPSA) is 72.8 Å². The van der Waals surface area contributed by atoms with Crippen LogP contribution in [0.5, 0.6) is 0 Å². The Balaban J connectivity index is 2.26. The van der Waals surface area contributed by atoms with Gasteiger partial charge < -0.3 is 14.6 Å². The van der Waals surface area contributed by atoms with E-state index < -0.39 is 23.2 Å². The summed E-state index contributed by atoms with van der Waals surface area (Å²) >= 11 is 1.28. The highest BCUT2D eigenvalue weighted by Gasteiger charge is 2.57. The average molecular weight is 330 g/mol. The Kier molecular flexibility index (Phi) is 5.43. The van der Waals surface area contributed by atoms with E-state index in [1.54, 1.807) is 0 Å². The predicted octanol–water partition coefficient (Wildman–Crippen LogP) is 3.13. The van der Waals surface area contributed by atoms with E-state index in [-0.39, 0.29) is 5.92 Å². The second-order valence-corrected chi connectivity index (χ2v) is 8.10. The molecular formula is C16H26O5S. The van der Waals surface area contributed by atoms with Crippen molar-refractivity contribution < 1.29 is 24.2 Å². The fraction of sp³-hybridized carbons (Fsp3) is 0.875. The lowest BCUT2D eigenvalue weighted by Crippen LogP contribution is -2.50. The number of carboxylic acid groups (broad SMARTS) is 1. The van der Waals surface area contributed by atoms with Crippen molar-refractivity contribution in [3.05, 3.63) is 0 Å². The normalized spacial score (nSPS) is 39.0. The fourth-order valence-electron chi connectivity index (χ4n) is 3.80. The van der Waals surface area contributed by atoms with Crippen molar-refractivity contribution in [1.29, 1.82) is 0 Å². The number of hydrogen-bond acceptors (Lipinski definition) is 5. The van der Waals surface area contributed by atoms with Crippen LogP contribution in [-0.2, 0) is 19.1 Å². The highest BCUT2D eigenvalue weighted by Crippen LogP contribution is 2.52. The predicted molar refractivity (Wildman–Crippen MR) is 84.3 cm³/mol. The number of rotatable bonds is 4. The second-order valence-electron chi connectivity index (χ2n) is 6.87. The fourth-order valence-corrected chi connectivity index (χ4v) is 5.11. The molecule has 0 aromatic rings. The molecule has 0 aromatic heterocycles. The Morgan fingerprint density at radius 2 is 2.05 bits per heavy atom. The number of ether oxygens (including phenoxy) is 2. The van der Waals surface area contributed by atoms with Gasteiger partial charge in [-0.15, -0.1) is 11.8 Å². The molecule has 0 spiro atoms. The van der Waals surface area contributed by atoms with E-state index in [1.807, 2.05) is 0 Å². The summed E-state index contributed by atoms with van der Waals surface area (Å²) in [7, 11) is 0. The van der Waals surface area contributed by atoms with Gasteiger partial charge in [0.1, 0.15) is 0 Å². The number of aliphatic carboxylic acids is 1. The lowest BCUT2D eigenvalue weighted by molar-refractivity contribution is -0.204. The smallest absolute Gasteiger partial charge is 0.347 e. The van der Waals surface area contributed by atoms with Crippen LogP contribution in [0.25, 0.3) is 0 Å². The molecule has 22 heavy (non-hydrogen) atoms. The SMILES string of the molecule is CC(=O)O[C@H]1CS[C@@](C(=O)O)([C@@H]2C[C@H](C)CC[C@H]2C(C)C)O1. The van der Waals surface area contributed by atoms with Gasteiger partial charge in [0.2, 0.25) is 11.2 Å². The Labute approximate surface area is 136 Å². The second kappa shape index (κ2) is 6.79. The Morgan fingerprint density at radius 1 is 1.36 bits per heavy atom. The molecule has 2 rings (SSSR count). The molecular weight excluding hydrogens is 304 g/mol. The van der Waals surface area contributed by atoms with Crippen LogP contribution in [0.1, 0.15) is 47.0 Å². The summed E-state index contributed by atoms with van der Waals surface area (Å²) in [4.78, 5) is 21.9. The van der Waals surface area contributed by atoms with Gasteiger partial charge >= 0.3 is 11.9 Å². The number of hydrogen-bond donors (Lipinski definition) is 1. The highest BCUT2D eigenvalue weighted by molar-refractivity contribution is 8.01. The first kappa shape index (κ1) is 17.6. The van der Waals surface area contributed by atoms with Gasteiger partial charge in [-0.05, 0) is 30.6 Å². The lowest BCUT2D eigenvalue weighted by atomic mass is 9.67. The quantitative estimate of drug-likeness (QED) is 0.798. The minimum absolute atomic E-state index is 0.0562. The maximum absolute atomic E-state index is 12.0. The van der Waals surface area contributed by atoms with E-state index in [9.17, 15) is 14.7 Å². The largest absolute Gasteiger partial charge is 0.478 e. The zero-order chi connectivity index (χ0) is 16.5. The standard InChI is InChI=1S/C16H26O5S/c1-9(2)12-6-5-10(3)7-13(12)16(15(18)19)21-14(8-22-16)20-11(4)17/h9-10,12-14H,5-8H2,1-4H3,(H,18,19)/t10-,12+,13-,14-,16-/m1/s1. The van der Waals surface area contributed by atoms with Gasteiger partial charge in [0.25, 0.3) is 0 Å². The third-order valence-electron chi connectivity index (χ3n) is 4.85. The molecule has 1 saturated carbocycles. The van der Waals surface area contributed by atoms with Crippen LogP contribution in [-0.4, -0.2) is 34.0 Å². The van der Waals surface area contributed by atoms with Gasteiger partial charge in [0.05, 0.1) is 5.75 Å². The van der Waals surface area contributed by atoms with Gasteiger partial charge in [-0.2, -0.15) is 0 Å². The van der Waals surface area contributed by atoms with E-state index in [0.29, 0.717) is 23.5 Å². The maximum atomic E-state index is 12.0. The van der Waals surface area contributed by atoms with Gasteiger partial charge in [0.15, 0.2) is 0 Å². The summed E-state index contributed by atoms with van der Waals surface area (Å²) in [5.41, 5.74) is 0. The lowest BCUT2D eigenvalue weighted by Gasteiger charge is -2.44. The van der Waals surface area contributed by atoms with Crippen LogP contribution in [0.3, 0.4) is 0 Å². The monoisotopic (exact) mass is 330 g/mol. The molecule has 126 valence electrons. The first-order valence-electron chi connectivity index (χ1n) is 7.98. The van der Waals surface area contributed by atoms with Crippen molar-refractivity contribution in [2.24, 2.45) is 23.7 Å². The third kappa shape index (κ3) is 3.43. The molecule has 2 fully saturated rings. The molecule has 6 heteroatoms. The first-order valence-corrected chi connectivity index (χ1v) is 8.97. The summed E-state index contributed by atoms with van der Waals surface area (Å²) in [6.45, 7) is 7.77. The zero-order valence-electron chi connectivity index (χ0n) is 13.7. The summed E-state index contributed by atoms with van der Waals surface area (Å²) in [6.07, 6.45) is 2.24. The van der Waals surface area contributed by atoms with E-state index in [4.69, 9.17) is 9.47 Å². The maximum Gasteiger partial charge on any atom is 0.347 e. The van der Waals surface area contributed by atoms with Gasteiger partial charge in [-0.25, -0.2) is 4.79 Å². The molecule has 1 aliphatic carbocycles. The van der Waals surface area contributed by atoms with Crippen molar-refractivity contribution in [3.8, 4) is 0 Å². The summed E-state index contributed by atoms with van der Waals surface area (Å²) in [5, 5.41) is 9.87. The van der Waals surface area contributed by atoms with E-state index in [2.05, 4.69) is 20.8 Å². The van der Waals surface area contributed by atoms with Crippen LogP contribution in [0.15, 0.2) is 0 Å². The number of carbonyl (C=O) groups is 2. The number of esters is 1. The molecule has 0 unspecified atom stereocenters. The molecule has 0 radical (unpaired) electrons. The van der Waals surface area contributed by atoms with E-state index in [1.165, 1.54) is 18.7 Å². The molecule has 2 aliphatic rings. The Hall–Kier alpha value is -0.750. The molecule has 0 amide bonds. The summed E-state index contributed by atoms with van der Waals surface area (Å²) in [6, 6.07) is 0. The average Bonchev–Trinajstić information content (AvgIpc) is 2.82. The van der Waals surface area contributed by atoms with Crippen LogP contribution in [0.2, 0.25) is 0 Å². The van der Waals surface area contributed by atoms with Crippen molar-refractivity contribution in [1.82, 2.24) is 0 Å². The molecule has 1 heterocycles. The molecule has 1 N–H and O–H groups in total. The summed E-state index contributed by atoms with van der Waals surface area (Å²) in [5.74, 6) is 0.150. The highest BCUT2D eigenvalue weighted by atomic mass is 32.2. The van der Waals surface area contributed by atoms with Crippen LogP contribution in [0.4, 0.5) is 0 Å². The van der Waals surface area contributed by atoms with Crippen LogP contribution >= 0.6 is 11.8 Å². The van der Waals surface area contributed by atoms with Crippen molar-refractivity contribution in [2.45, 2.75) is 58.2 Å². The third-order valence-corrected chi connectivity index (χ3v) is 6.29. The number of carbonyl (C=O) groups excluding carboxylic acids is 1. The molecule has 5 nitrogen and oxygen atoms in total. The van der Waals surface area contributed by atoms with Crippen LogP contribution < -0.4 is 0 Å². The Bertz CT molecular complexity index is 438. The van der Waals surface area contributed by atoms with Crippen molar-refractivity contribution in [3.63, 3.8) is 0 Å². The van der Waals surface area contributed by atoms with Gasteiger partial charge in [0, 0.05) is 12.8 Å². The minimum Gasteiger partial charge on any atom is -0.478 e. The van der Waals surface area contributed by atoms with Crippen molar-refractivity contribution in [2.75, 3.05) is 5.75 Å². The van der Waals surface area contributed by atoms with E-state index >= 15 is 0 Å². The molecule has 0 bridgehead atoms. The first-order chi connectivity index (χ1) is 10.3. The van der Waals surface area contributed by atoms with Crippen LogP contribution in [0, 0.1) is 23.7 Å². The minimum atomic E-state index is -1.29. The summed E-state index contributed by atoms with van der Waals surface area (Å²) < 4.78 is 10.9. The van der Waals surface area contributed by atoms with Gasteiger partial charge in [-0.3, -0.25) is 4.79 Å². The Morgan fingerprint density at radius 3 is 2.59 bits per heavy atom. The van der Waals surface area contributed by atoms with E-state index in [0.717, 1.165) is 19.3 Å². The number of carboxylic acids is 1. The van der Waals surface area contributed by atoms with Gasteiger partial charge in [-0.1, -0.05) is 27.2 Å².